The van der Waals surface area contributed by atoms with Gasteiger partial charge in [-0.05, 0) is 49.3 Å². The Morgan fingerprint density at radius 3 is 2.52 bits per heavy atom. The Kier molecular flexibility index (Phi) is 8.06. The summed E-state index contributed by atoms with van der Waals surface area (Å²) in [4.78, 5) is 6.92. The van der Waals surface area contributed by atoms with E-state index in [1.54, 1.807) is 12.1 Å². The molecule has 1 heterocycles. The SMILES string of the molecule is CN=C(NCCCc1ccc(O)cc1)NC1CCN(CC(C)C)CC1. The van der Waals surface area contributed by atoms with Crippen molar-refractivity contribution >= 4 is 5.96 Å². The van der Waals surface area contributed by atoms with E-state index in [9.17, 15) is 5.11 Å². The fourth-order valence-electron chi connectivity index (χ4n) is 3.33. The first-order valence-electron chi connectivity index (χ1n) is 9.54. The Labute approximate surface area is 152 Å². The number of piperidine rings is 1. The van der Waals surface area contributed by atoms with Gasteiger partial charge in [0.25, 0.3) is 0 Å². The molecular weight excluding hydrogens is 312 g/mol. The van der Waals surface area contributed by atoms with Gasteiger partial charge in [-0.15, -0.1) is 0 Å². The molecule has 0 aromatic heterocycles. The highest BCUT2D eigenvalue weighted by molar-refractivity contribution is 5.79. The lowest BCUT2D eigenvalue weighted by Gasteiger charge is -2.34. The largest absolute Gasteiger partial charge is 0.508 e. The maximum Gasteiger partial charge on any atom is 0.191 e. The van der Waals surface area contributed by atoms with Crippen molar-refractivity contribution in [2.75, 3.05) is 33.2 Å². The molecule has 0 bridgehead atoms. The zero-order valence-electron chi connectivity index (χ0n) is 16.0. The molecule has 1 saturated heterocycles. The number of aromatic hydroxyl groups is 1. The van der Waals surface area contributed by atoms with Crippen LogP contribution in [0, 0.1) is 5.92 Å². The van der Waals surface area contributed by atoms with E-state index >= 15 is 0 Å². The number of phenolic OH excluding ortho intramolecular Hbond substituents is 1. The van der Waals surface area contributed by atoms with Gasteiger partial charge >= 0.3 is 0 Å². The molecule has 1 aliphatic rings. The zero-order chi connectivity index (χ0) is 18.1. The van der Waals surface area contributed by atoms with E-state index in [-0.39, 0.29) is 0 Å². The molecule has 1 fully saturated rings. The van der Waals surface area contributed by atoms with Crippen LogP contribution in [0.4, 0.5) is 0 Å². The van der Waals surface area contributed by atoms with E-state index in [0.29, 0.717) is 11.8 Å². The van der Waals surface area contributed by atoms with E-state index in [2.05, 4.69) is 34.4 Å². The van der Waals surface area contributed by atoms with Crippen LogP contribution in [0.25, 0.3) is 0 Å². The molecule has 1 aliphatic heterocycles. The molecular formula is C20H34N4O. The van der Waals surface area contributed by atoms with Crippen molar-refractivity contribution in [3.63, 3.8) is 0 Å². The number of hydrogen-bond acceptors (Lipinski definition) is 3. The topological polar surface area (TPSA) is 59.9 Å². The van der Waals surface area contributed by atoms with Gasteiger partial charge in [-0.3, -0.25) is 4.99 Å². The summed E-state index contributed by atoms with van der Waals surface area (Å²) >= 11 is 0. The van der Waals surface area contributed by atoms with Crippen molar-refractivity contribution in [3.05, 3.63) is 29.8 Å². The van der Waals surface area contributed by atoms with Crippen LogP contribution in [0.15, 0.2) is 29.3 Å². The Balaban J connectivity index is 1.63. The minimum Gasteiger partial charge on any atom is -0.508 e. The van der Waals surface area contributed by atoms with Gasteiger partial charge in [-0.25, -0.2) is 0 Å². The fourth-order valence-corrected chi connectivity index (χ4v) is 3.33. The summed E-state index contributed by atoms with van der Waals surface area (Å²) in [5, 5.41) is 16.3. The number of benzene rings is 1. The lowest BCUT2D eigenvalue weighted by atomic mass is 10.0. The molecule has 0 atom stereocenters. The Morgan fingerprint density at radius 2 is 1.92 bits per heavy atom. The predicted octanol–water partition coefficient (Wildman–Crippen LogP) is 2.61. The van der Waals surface area contributed by atoms with Crippen LogP contribution in [0.1, 0.15) is 38.7 Å². The molecule has 25 heavy (non-hydrogen) atoms. The molecule has 0 amide bonds. The summed E-state index contributed by atoms with van der Waals surface area (Å²) in [6.45, 7) is 9.02. The van der Waals surface area contributed by atoms with Crippen molar-refractivity contribution in [2.45, 2.75) is 45.6 Å². The van der Waals surface area contributed by atoms with E-state index in [4.69, 9.17) is 0 Å². The van der Waals surface area contributed by atoms with Crippen molar-refractivity contribution < 1.29 is 5.11 Å². The second kappa shape index (κ2) is 10.3. The van der Waals surface area contributed by atoms with Gasteiger partial charge < -0.3 is 20.6 Å². The smallest absolute Gasteiger partial charge is 0.191 e. The molecule has 0 spiro atoms. The molecule has 0 unspecified atom stereocenters. The zero-order valence-corrected chi connectivity index (χ0v) is 16.0. The highest BCUT2D eigenvalue weighted by Gasteiger charge is 2.20. The van der Waals surface area contributed by atoms with E-state index in [1.807, 2.05) is 19.2 Å². The second-order valence-electron chi connectivity index (χ2n) is 7.38. The molecule has 0 aliphatic carbocycles. The molecule has 5 nitrogen and oxygen atoms in total. The molecule has 5 heteroatoms. The summed E-state index contributed by atoms with van der Waals surface area (Å²) in [7, 11) is 1.84. The quantitative estimate of drug-likeness (QED) is 0.403. The van der Waals surface area contributed by atoms with Crippen LogP contribution >= 0.6 is 0 Å². The Morgan fingerprint density at radius 1 is 1.24 bits per heavy atom. The van der Waals surface area contributed by atoms with Crippen molar-refractivity contribution in [1.29, 1.82) is 0 Å². The Bertz CT molecular complexity index is 519. The van der Waals surface area contributed by atoms with Gasteiger partial charge in [0, 0.05) is 39.3 Å². The molecule has 0 saturated carbocycles. The summed E-state index contributed by atoms with van der Waals surface area (Å²) in [6.07, 6.45) is 4.40. The van der Waals surface area contributed by atoms with Gasteiger partial charge in [0.1, 0.15) is 5.75 Å². The third-order valence-corrected chi connectivity index (χ3v) is 4.65. The average molecular weight is 347 g/mol. The van der Waals surface area contributed by atoms with Gasteiger partial charge in [-0.2, -0.15) is 0 Å². The molecule has 1 aromatic carbocycles. The lowest BCUT2D eigenvalue weighted by Crippen LogP contribution is -2.49. The monoisotopic (exact) mass is 346 g/mol. The normalized spacial score (nSPS) is 17.0. The van der Waals surface area contributed by atoms with Crippen LogP contribution in [0.2, 0.25) is 0 Å². The third-order valence-electron chi connectivity index (χ3n) is 4.65. The number of aryl methyl sites for hydroxylation is 1. The summed E-state index contributed by atoms with van der Waals surface area (Å²) < 4.78 is 0. The molecule has 0 radical (unpaired) electrons. The van der Waals surface area contributed by atoms with Crippen LogP contribution in [-0.2, 0) is 6.42 Å². The van der Waals surface area contributed by atoms with E-state index < -0.39 is 0 Å². The summed E-state index contributed by atoms with van der Waals surface area (Å²) in [5.74, 6) is 1.98. The molecule has 1 aromatic rings. The molecule has 3 N–H and O–H groups in total. The van der Waals surface area contributed by atoms with Gasteiger partial charge in [0.2, 0.25) is 0 Å². The van der Waals surface area contributed by atoms with Crippen molar-refractivity contribution in [1.82, 2.24) is 15.5 Å². The van der Waals surface area contributed by atoms with Crippen molar-refractivity contribution in [3.8, 4) is 5.75 Å². The maximum absolute atomic E-state index is 9.31. The summed E-state index contributed by atoms with van der Waals surface area (Å²) in [5.41, 5.74) is 1.25. The van der Waals surface area contributed by atoms with Crippen LogP contribution in [0.5, 0.6) is 5.75 Å². The first-order valence-corrected chi connectivity index (χ1v) is 9.54. The first kappa shape index (κ1) is 19.6. The van der Waals surface area contributed by atoms with Crippen LogP contribution < -0.4 is 10.6 Å². The number of rotatable bonds is 7. The number of phenols is 1. The molecule has 140 valence electrons. The van der Waals surface area contributed by atoms with Gasteiger partial charge in [-0.1, -0.05) is 26.0 Å². The standard InChI is InChI=1S/C20H34N4O/c1-16(2)15-24-13-10-18(11-14-24)23-20(21-3)22-12-4-5-17-6-8-19(25)9-7-17/h6-9,16,18,25H,4-5,10-15H2,1-3H3,(H2,21,22,23). The second-order valence-corrected chi connectivity index (χ2v) is 7.38. The van der Waals surface area contributed by atoms with E-state index in [0.717, 1.165) is 31.3 Å². The van der Waals surface area contributed by atoms with Gasteiger partial charge in [0.05, 0.1) is 0 Å². The lowest BCUT2D eigenvalue weighted by molar-refractivity contribution is 0.187. The third kappa shape index (κ3) is 7.34. The van der Waals surface area contributed by atoms with E-state index in [1.165, 1.54) is 38.0 Å². The minimum absolute atomic E-state index is 0.325. The van der Waals surface area contributed by atoms with Crippen LogP contribution in [-0.4, -0.2) is 55.2 Å². The summed E-state index contributed by atoms with van der Waals surface area (Å²) in [6, 6.07) is 7.97. The number of likely N-dealkylation sites (tertiary alicyclic amines) is 1. The first-order chi connectivity index (χ1) is 12.1. The maximum atomic E-state index is 9.31. The van der Waals surface area contributed by atoms with Gasteiger partial charge in [0.15, 0.2) is 5.96 Å². The molecule has 2 rings (SSSR count). The number of nitrogens with zero attached hydrogens (tertiary/aromatic N) is 2. The highest BCUT2D eigenvalue weighted by atomic mass is 16.3. The number of hydrogen-bond donors (Lipinski definition) is 3. The van der Waals surface area contributed by atoms with Crippen LogP contribution in [0.3, 0.4) is 0 Å². The van der Waals surface area contributed by atoms with Crippen molar-refractivity contribution in [2.24, 2.45) is 10.9 Å². The number of guanidine groups is 1. The predicted molar refractivity (Wildman–Crippen MR) is 105 cm³/mol. The Hall–Kier alpha value is -1.75. The highest BCUT2D eigenvalue weighted by Crippen LogP contribution is 2.12. The fraction of sp³-hybridized carbons (Fsp3) is 0.650. The minimum atomic E-state index is 0.325. The number of aliphatic imine (C=N–C) groups is 1. The number of nitrogens with one attached hydrogen (secondary N) is 2. The average Bonchev–Trinajstić information content (AvgIpc) is 2.60.